The van der Waals surface area contributed by atoms with Crippen LogP contribution in [0, 0.1) is 12.7 Å². The summed E-state index contributed by atoms with van der Waals surface area (Å²) in [5, 5.41) is 3.32. The molecule has 1 N–H and O–H groups in total. The van der Waals surface area contributed by atoms with Gasteiger partial charge in [0.15, 0.2) is 0 Å². The fourth-order valence-corrected chi connectivity index (χ4v) is 2.62. The van der Waals surface area contributed by atoms with E-state index in [9.17, 15) is 4.39 Å². The van der Waals surface area contributed by atoms with E-state index in [1.165, 1.54) is 0 Å². The summed E-state index contributed by atoms with van der Waals surface area (Å²) in [4.78, 5) is 4.13. The van der Waals surface area contributed by atoms with Crippen LogP contribution in [0.4, 0.5) is 4.39 Å². The van der Waals surface area contributed by atoms with Gasteiger partial charge in [-0.1, -0.05) is 18.2 Å². The molecule has 4 nitrogen and oxygen atoms in total. The number of nitrogens with zero attached hydrogens (tertiary/aromatic N) is 2. The predicted octanol–water partition coefficient (Wildman–Crippen LogP) is 3.62. The van der Waals surface area contributed by atoms with Crippen molar-refractivity contribution in [2.24, 2.45) is 0 Å². The van der Waals surface area contributed by atoms with E-state index in [1.54, 1.807) is 36.2 Å². The Balaban J connectivity index is 1.64. The van der Waals surface area contributed by atoms with Crippen LogP contribution in [0.25, 0.3) is 5.69 Å². The topological polar surface area (TPSA) is 39.1 Å². The van der Waals surface area contributed by atoms with Gasteiger partial charge < -0.3 is 14.6 Å². The molecule has 24 heavy (non-hydrogen) atoms. The molecule has 3 rings (SSSR count). The number of ether oxygens (including phenoxy) is 1. The van der Waals surface area contributed by atoms with Crippen molar-refractivity contribution in [3.8, 4) is 11.4 Å². The summed E-state index contributed by atoms with van der Waals surface area (Å²) in [6.45, 7) is 3.14. The Morgan fingerprint density at radius 3 is 2.58 bits per heavy atom. The van der Waals surface area contributed by atoms with E-state index in [0.29, 0.717) is 18.8 Å². The van der Waals surface area contributed by atoms with Gasteiger partial charge in [0, 0.05) is 25.5 Å². The minimum Gasteiger partial charge on any atom is -0.497 e. The van der Waals surface area contributed by atoms with Crippen LogP contribution in [0.5, 0.6) is 5.75 Å². The van der Waals surface area contributed by atoms with Gasteiger partial charge in [-0.3, -0.25) is 0 Å². The zero-order valence-electron chi connectivity index (χ0n) is 13.8. The summed E-state index contributed by atoms with van der Waals surface area (Å²) in [5.74, 6) is 1.34. The Bertz CT molecular complexity index is 829. The predicted molar refractivity (Wildman–Crippen MR) is 91.8 cm³/mol. The molecule has 0 aliphatic heterocycles. The molecule has 0 amide bonds. The molecule has 0 aliphatic carbocycles. The zero-order chi connectivity index (χ0) is 16.9. The Kier molecular flexibility index (Phi) is 4.91. The number of imidazole rings is 1. The lowest BCUT2D eigenvalue weighted by atomic mass is 10.1. The molecule has 124 valence electrons. The molecule has 0 aliphatic rings. The average molecular weight is 325 g/mol. The van der Waals surface area contributed by atoms with Crippen molar-refractivity contribution in [2.75, 3.05) is 7.11 Å². The number of nitrogens with one attached hydrogen (secondary N) is 1. The lowest BCUT2D eigenvalue weighted by Crippen LogP contribution is -2.13. The molecule has 0 saturated carbocycles. The first-order valence-electron chi connectivity index (χ1n) is 7.80. The minimum atomic E-state index is -0.253. The van der Waals surface area contributed by atoms with Crippen molar-refractivity contribution in [1.82, 2.24) is 14.9 Å². The second-order valence-corrected chi connectivity index (χ2v) is 5.59. The van der Waals surface area contributed by atoms with E-state index < -0.39 is 0 Å². The zero-order valence-corrected chi connectivity index (χ0v) is 13.8. The minimum absolute atomic E-state index is 0.253. The van der Waals surface area contributed by atoms with Crippen LogP contribution < -0.4 is 10.1 Å². The highest BCUT2D eigenvalue weighted by atomic mass is 19.1. The molecule has 5 heteroatoms. The van der Waals surface area contributed by atoms with E-state index >= 15 is 0 Å². The lowest BCUT2D eigenvalue weighted by Gasteiger charge is -2.10. The molecule has 1 heterocycles. The molecule has 0 radical (unpaired) electrons. The number of halogens is 1. The van der Waals surface area contributed by atoms with Gasteiger partial charge in [0.25, 0.3) is 0 Å². The first-order chi connectivity index (χ1) is 11.7. The van der Waals surface area contributed by atoms with E-state index in [1.807, 2.05) is 37.3 Å². The fraction of sp³-hybridized carbons (Fsp3) is 0.211. The molecular formula is C19H20FN3O. The quantitative estimate of drug-likeness (QED) is 0.752. The van der Waals surface area contributed by atoms with Crippen molar-refractivity contribution in [2.45, 2.75) is 20.0 Å². The first-order valence-corrected chi connectivity index (χ1v) is 7.80. The van der Waals surface area contributed by atoms with Crippen molar-refractivity contribution < 1.29 is 9.13 Å². The van der Waals surface area contributed by atoms with E-state index in [2.05, 4.69) is 10.3 Å². The third kappa shape index (κ3) is 3.63. The second kappa shape index (κ2) is 7.27. The highest BCUT2D eigenvalue weighted by Gasteiger charge is 2.07. The molecular weight excluding hydrogens is 305 g/mol. The standard InChI is InChI=1S/C19H20FN3O/c1-14-22-8-9-23(14)19-7-6-16(11-18(19)20)13-21-12-15-4-3-5-17(10-15)24-2/h3-11,21H,12-13H2,1-2H3. The maximum absolute atomic E-state index is 14.3. The largest absolute Gasteiger partial charge is 0.497 e. The van der Waals surface area contributed by atoms with Gasteiger partial charge in [0.2, 0.25) is 0 Å². The Morgan fingerprint density at radius 1 is 1.12 bits per heavy atom. The van der Waals surface area contributed by atoms with Crippen LogP contribution in [0.15, 0.2) is 54.9 Å². The SMILES string of the molecule is COc1cccc(CNCc2ccc(-n3ccnc3C)c(F)c2)c1. The summed E-state index contributed by atoms with van der Waals surface area (Å²) in [7, 11) is 1.65. The number of hydrogen-bond acceptors (Lipinski definition) is 3. The molecule has 0 spiro atoms. The molecule has 0 unspecified atom stereocenters. The summed E-state index contributed by atoms with van der Waals surface area (Å²) >= 11 is 0. The van der Waals surface area contributed by atoms with Crippen LogP contribution in [-0.4, -0.2) is 16.7 Å². The van der Waals surface area contributed by atoms with Gasteiger partial charge in [0.1, 0.15) is 17.4 Å². The van der Waals surface area contributed by atoms with Gasteiger partial charge in [-0.05, 0) is 42.3 Å². The fourth-order valence-electron chi connectivity index (χ4n) is 2.62. The number of hydrogen-bond donors (Lipinski definition) is 1. The molecule has 1 aromatic heterocycles. The van der Waals surface area contributed by atoms with E-state index in [4.69, 9.17) is 4.74 Å². The average Bonchev–Trinajstić information content (AvgIpc) is 3.01. The van der Waals surface area contributed by atoms with E-state index in [-0.39, 0.29) is 5.82 Å². The highest BCUT2D eigenvalue weighted by molar-refractivity contribution is 5.37. The van der Waals surface area contributed by atoms with Gasteiger partial charge in [-0.25, -0.2) is 9.37 Å². The van der Waals surface area contributed by atoms with Crippen LogP contribution >= 0.6 is 0 Å². The first kappa shape index (κ1) is 16.2. The molecule has 0 bridgehead atoms. The van der Waals surface area contributed by atoms with Gasteiger partial charge >= 0.3 is 0 Å². The molecule has 3 aromatic rings. The van der Waals surface area contributed by atoms with Crippen LogP contribution in [0.2, 0.25) is 0 Å². The molecule has 0 atom stereocenters. The summed E-state index contributed by atoms with van der Waals surface area (Å²) < 4.78 is 21.3. The van der Waals surface area contributed by atoms with Gasteiger partial charge in [-0.2, -0.15) is 0 Å². The van der Waals surface area contributed by atoms with Crippen molar-refractivity contribution >= 4 is 0 Å². The Morgan fingerprint density at radius 2 is 1.92 bits per heavy atom. The molecule has 0 saturated heterocycles. The van der Waals surface area contributed by atoms with Crippen LogP contribution in [-0.2, 0) is 13.1 Å². The van der Waals surface area contributed by atoms with Crippen molar-refractivity contribution in [3.63, 3.8) is 0 Å². The summed E-state index contributed by atoms with van der Waals surface area (Å²) in [5.41, 5.74) is 2.54. The summed E-state index contributed by atoms with van der Waals surface area (Å²) in [6.07, 6.45) is 3.42. The Labute approximate surface area is 140 Å². The van der Waals surface area contributed by atoms with E-state index in [0.717, 1.165) is 22.7 Å². The smallest absolute Gasteiger partial charge is 0.147 e. The monoisotopic (exact) mass is 325 g/mol. The maximum atomic E-state index is 14.3. The number of benzene rings is 2. The second-order valence-electron chi connectivity index (χ2n) is 5.59. The number of aromatic nitrogens is 2. The number of aryl methyl sites for hydroxylation is 1. The lowest BCUT2D eigenvalue weighted by molar-refractivity contribution is 0.414. The van der Waals surface area contributed by atoms with Crippen molar-refractivity contribution in [3.05, 3.63) is 77.6 Å². The maximum Gasteiger partial charge on any atom is 0.147 e. The molecule has 0 fully saturated rings. The third-order valence-electron chi connectivity index (χ3n) is 3.89. The van der Waals surface area contributed by atoms with Crippen molar-refractivity contribution in [1.29, 1.82) is 0 Å². The summed E-state index contributed by atoms with van der Waals surface area (Å²) in [6, 6.07) is 13.2. The van der Waals surface area contributed by atoms with Crippen LogP contribution in [0.1, 0.15) is 17.0 Å². The third-order valence-corrected chi connectivity index (χ3v) is 3.89. The van der Waals surface area contributed by atoms with Crippen LogP contribution in [0.3, 0.4) is 0 Å². The number of methoxy groups -OCH3 is 1. The van der Waals surface area contributed by atoms with Gasteiger partial charge in [-0.15, -0.1) is 0 Å². The highest BCUT2D eigenvalue weighted by Crippen LogP contribution is 2.17. The normalized spacial score (nSPS) is 10.8. The van der Waals surface area contributed by atoms with Gasteiger partial charge in [0.05, 0.1) is 12.8 Å². The molecule has 2 aromatic carbocycles. The number of rotatable bonds is 6. The Hall–Kier alpha value is -2.66.